The summed E-state index contributed by atoms with van der Waals surface area (Å²) in [5.74, 6) is 7.27. The fourth-order valence-electron chi connectivity index (χ4n) is 2.39. The summed E-state index contributed by atoms with van der Waals surface area (Å²) < 4.78 is 21.5. The Morgan fingerprint density at radius 2 is 1.92 bits per heavy atom. The number of nitrogens with one attached hydrogen (secondary N) is 1. The third kappa shape index (κ3) is 3.52. The van der Waals surface area contributed by atoms with Gasteiger partial charge in [0.15, 0.2) is 18.1 Å². The van der Waals surface area contributed by atoms with E-state index in [1.54, 1.807) is 13.2 Å². The average molecular weight is 330 g/mol. The molecule has 0 aliphatic carbocycles. The topological polar surface area (TPSA) is 92.0 Å². The summed E-state index contributed by atoms with van der Waals surface area (Å²) >= 11 is 0. The molecule has 0 saturated heterocycles. The van der Waals surface area contributed by atoms with Crippen LogP contribution in [0.2, 0.25) is 0 Å². The summed E-state index contributed by atoms with van der Waals surface area (Å²) in [7, 11) is 1.63. The van der Waals surface area contributed by atoms with E-state index in [1.807, 2.05) is 35.8 Å². The smallest absolute Gasteiger partial charge is 0.271 e. The highest BCUT2D eigenvalue weighted by Gasteiger charge is 2.19. The number of carbonyl (C=O) groups excluding carboxylic acids is 1. The maximum absolute atomic E-state index is 11.3. The van der Waals surface area contributed by atoms with Crippen molar-refractivity contribution in [3.8, 4) is 23.0 Å². The summed E-state index contributed by atoms with van der Waals surface area (Å²) in [5.41, 5.74) is 3.99. The molecule has 1 aliphatic heterocycles. The molecule has 3 rings (SSSR count). The van der Waals surface area contributed by atoms with Crippen molar-refractivity contribution in [1.82, 2.24) is 5.43 Å². The van der Waals surface area contributed by atoms with Gasteiger partial charge in [-0.25, -0.2) is 5.84 Å². The predicted molar refractivity (Wildman–Crippen MR) is 86.2 cm³/mol. The van der Waals surface area contributed by atoms with Crippen molar-refractivity contribution in [1.29, 1.82) is 0 Å². The number of hydrogen-bond acceptors (Lipinski definition) is 6. The Morgan fingerprint density at radius 1 is 1.21 bits per heavy atom. The largest absolute Gasteiger partial charge is 0.497 e. The number of nitrogens with two attached hydrogens (primary N) is 1. The normalized spacial score (nSPS) is 11.9. The van der Waals surface area contributed by atoms with Crippen LogP contribution in [0.1, 0.15) is 11.1 Å². The number of amides is 1. The van der Waals surface area contributed by atoms with E-state index >= 15 is 0 Å². The Balaban J connectivity index is 1.84. The van der Waals surface area contributed by atoms with E-state index < -0.39 is 5.91 Å². The van der Waals surface area contributed by atoms with Crippen LogP contribution in [0, 0.1) is 0 Å². The Labute approximate surface area is 139 Å². The lowest BCUT2D eigenvalue weighted by molar-refractivity contribution is -0.123. The number of benzene rings is 2. The molecular formula is C17H18N2O5. The molecule has 24 heavy (non-hydrogen) atoms. The van der Waals surface area contributed by atoms with Crippen LogP contribution in [0.25, 0.3) is 0 Å². The van der Waals surface area contributed by atoms with E-state index in [4.69, 9.17) is 24.8 Å². The van der Waals surface area contributed by atoms with Crippen molar-refractivity contribution < 1.29 is 23.7 Å². The molecule has 2 aromatic rings. The van der Waals surface area contributed by atoms with Gasteiger partial charge in [0.05, 0.1) is 7.11 Å². The number of hydrogen-bond donors (Lipinski definition) is 2. The third-order valence-electron chi connectivity index (χ3n) is 3.63. The number of rotatable bonds is 6. The molecule has 0 unspecified atom stereocenters. The van der Waals surface area contributed by atoms with Gasteiger partial charge < -0.3 is 18.9 Å². The Hall–Kier alpha value is -2.93. The van der Waals surface area contributed by atoms with E-state index in [-0.39, 0.29) is 13.4 Å². The second kappa shape index (κ2) is 7.10. The standard InChI is InChI=1S/C17H18N2O5/c1-21-13-4-2-11(3-5-13)6-12-7-15-16(24-10-23-15)8-14(12)22-9-17(20)19-18/h2-5,7-8H,6,9-10,18H2,1H3,(H,19,20). The number of carbonyl (C=O) groups is 1. The van der Waals surface area contributed by atoms with Crippen LogP contribution in [0.15, 0.2) is 36.4 Å². The summed E-state index contributed by atoms with van der Waals surface area (Å²) in [6.07, 6.45) is 0.611. The molecular weight excluding hydrogens is 312 g/mol. The van der Waals surface area contributed by atoms with E-state index in [0.717, 1.165) is 16.9 Å². The molecule has 0 atom stereocenters. The summed E-state index contributed by atoms with van der Waals surface area (Å²) in [4.78, 5) is 11.3. The number of hydrazine groups is 1. The first-order valence-corrected chi connectivity index (χ1v) is 7.37. The molecule has 1 heterocycles. The minimum atomic E-state index is -0.414. The van der Waals surface area contributed by atoms with Crippen LogP contribution in [0.4, 0.5) is 0 Å². The molecule has 0 saturated carbocycles. The van der Waals surface area contributed by atoms with Crippen LogP contribution in [-0.2, 0) is 11.2 Å². The lowest BCUT2D eigenvalue weighted by Gasteiger charge is -2.12. The Kier molecular flexibility index (Phi) is 4.72. The van der Waals surface area contributed by atoms with Crippen molar-refractivity contribution in [2.45, 2.75) is 6.42 Å². The van der Waals surface area contributed by atoms with Gasteiger partial charge in [0.25, 0.3) is 5.91 Å². The van der Waals surface area contributed by atoms with Crippen LogP contribution in [0.5, 0.6) is 23.0 Å². The number of ether oxygens (including phenoxy) is 4. The molecule has 3 N–H and O–H groups in total. The second-order valence-corrected chi connectivity index (χ2v) is 5.19. The zero-order chi connectivity index (χ0) is 16.9. The van der Waals surface area contributed by atoms with Gasteiger partial charge in [-0.3, -0.25) is 10.2 Å². The maximum Gasteiger partial charge on any atom is 0.271 e. The minimum Gasteiger partial charge on any atom is -0.497 e. The second-order valence-electron chi connectivity index (χ2n) is 5.19. The first-order valence-electron chi connectivity index (χ1n) is 7.37. The highest BCUT2D eigenvalue weighted by molar-refractivity contribution is 5.76. The highest BCUT2D eigenvalue weighted by Crippen LogP contribution is 2.39. The molecule has 0 aromatic heterocycles. The summed E-state index contributed by atoms with van der Waals surface area (Å²) in [5, 5.41) is 0. The van der Waals surface area contributed by atoms with E-state index in [2.05, 4.69) is 0 Å². The maximum atomic E-state index is 11.3. The van der Waals surface area contributed by atoms with Gasteiger partial charge in [0.1, 0.15) is 11.5 Å². The fraction of sp³-hybridized carbons (Fsp3) is 0.235. The Morgan fingerprint density at radius 3 is 2.58 bits per heavy atom. The molecule has 2 aromatic carbocycles. The Bertz CT molecular complexity index is 731. The molecule has 0 radical (unpaired) electrons. The van der Waals surface area contributed by atoms with Crippen LogP contribution < -0.4 is 30.2 Å². The van der Waals surface area contributed by atoms with Crippen molar-refractivity contribution in [3.63, 3.8) is 0 Å². The first kappa shape index (κ1) is 15.9. The van der Waals surface area contributed by atoms with Crippen LogP contribution in [0.3, 0.4) is 0 Å². The lowest BCUT2D eigenvalue weighted by Crippen LogP contribution is -2.34. The van der Waals surface area contributed by atoms with Crippen molar-refractivity contribution in [2.24, 2.45) is 5.84 Å². The van der Waals surface area contributed by atoms with E-state index in [9.17, 15) is 4.79 Å². The number of methoxy groups -OCH3 is 1. The molecule has 0 fully saturated rings. The van der Waals surface area contributed by atoms with Crippen LogP contribution in [-0.4, -0.2) is 26.4 Å². The van der Waals surface area contributed by atoms with Gasteiger partial charge in [-0.2, -0.15) is 0 Å². The third-order valence-corrected chi connectivity index (χ3v) is 3.63. The summed E-state index contributed by atoms with van der Waals surface area (Å²) in [6.45, 7) is -0.00416. The van der Waals surface area contributed by atoms with Gasteiger partial charge in [0.2, 0.25) is 6.79 Å². The van der Waals surface area contributed by atoms with Gasteiger partial charge >= 0.3 is 0 Å². The fourth-order valence-corrected chi connectivity index (χ4v) is 2.39. The van der Waals surface area contributed by atoms with E-state index in [1.165, 1.54) is 0 Å². The first-order chi connectivity index (χ1) is 11.7. The van der Waals surface area contributed by atoms with E-state index in [0.29, 0.717) is 23.7 Å². The van der Waals surface area contributed by atoms with Crippen LogP contribution >= 0.6 is 0 Å². The highest BCUT2D eigenvalue weighted by atomic mass is 16.7. The van der Waals surface area contributed by atoms with Crippen molar-refractivity contribution >= 4 is 5.91 Å². The molecule has 0 spiro atoms. The average Bonchev–Trinajstić information content (AvgIpc) is 3.07. The predicted octanol–water partition coefficient (Wildman–Crippen LogP) is 1.38. The molecule has 7 nitrogen and oxygen atoms in total. The van der Waals surface area contributed by atoms with Crippen molar-refractivity contribution in [3.05, 3.63) is 47.5 Å². The van der Waals surface area contributed by atoms with Crippen molar-refractivity contribution in [2.75, 3.05) is 20.5 Å². The monoisotopic (exact) mass is 330 g/mol. The molecule has 0 bridgehead atoms. The van der Waals surface area contributed by atoms with Gasteiger partial charge in [-0.05, 0) is 23.8 Å². The van der Waals surface area contributed by atoms with Gasteiger partial charge in [0, 0.05) is 18.1 Å². The zero-order valence-electron chi connectivity index (χ0n) is 13.2. The summed E-state index contributed by atoms with van der Waals surface area (Å²) in [6, 6.07) is 11.3. The minimum absolute atomic E-state index is 0.171. The zero-order valence-corrected chi connectivity index (χ0v) is 13.2. The SMILES string of the molecule is COc1ccc(Cc2cc3c(cc2OCC(=O)NN)OCO3)cc1. The molecule has 7 heteroatoms. The van der Waals surface area contributed by atoms with Gasteiger partial charge in [-0.15, -0.1) is 0 Å². The quantitative estimate of drug-likeness (QED) is 0.472. The molecule has 1 aliphatic rings. The molecule has 126 valence electrons. The lowest BCUT2D eigenvalue weighted by atomic mass is 10.0. The molecule has 1 amide bonds. The van der Waals surface area contributed by atoms with Gasteiger partial charge in [-0.1, -0.05) is 12.1 Å². The number of fused-ring (bicyclic) bond motifs is 1.